The van der Waals surface area contributed by atoms with Crippen LogP contribution in [0.5, 0.6) is 0 Å². The lowest BCUT2D eigenvalue weighted by atomic mass is 10.1. The molecule has 2 rings (SSSR count). The number of nitrogens with one attached hydrogen (secondary N) is 1. The van der Waals surface area contributed by atoms with Gasteiger partial charge in [0.2, 0.25) is 0 Å². The lowest BCUT2D eigenvalue weighted by Gasteiger charge is -2.03. The largest absolute Gasteiger partial charge is 0.314 e. The van der Waals surface area contributed by atoms with Gasteiger partial charge in [0.15, 0.2) is 0 Å². The van der Waals surface area contributed by atoms with Crippen molar-refractivity contribution in [2.75, 3.05) is 13.1 Å². The highest BCUT2D eigenvalue weighted by molar-refractivity contribution is 6.31. The van der Waals surface area contributed by atoms with Gasteiger partial charge >= 0.3 is 0 Å². The maximum atomic E-state index is 6.19. The zero-order valence-corrected chi connectivity index (χ0v) is 11.5. The van der Waals surface area contributed by atoms with Gasteiger partial charge in [-0.2, -0.15) is 0 Å². The van der Waals surface area contributed by atoms with E-state index in [-0.39, 0.29) is 0 Å². The molecule has 0 atom stereocenters. The molecule has 0 unspecified atom stereocenters. The molecule has 0 fully saturated rings. The first-order valence-electron chi connectivity index (χ1n) is 6.15. The lowest BCUT2D eigenvalue weighted by Crippen LogP contribution is -2.11. The van der Waals surface area contributed by atoms with Crippen molar-refractivity contribution >= 4 is 28.6 Å². The van der Waals surface area contributed by atoms with Gasteiger partial charge in [0, 0.05) is 17.5 Å². The zero-order valence-electron chi connectivity index (χ0n) is 10.7. The van der Waals surface area contributed by atoms with Crippen LogP contribution < -0.4 is 5.32 Å². The molecule has 1 heterocycles. The Morgan fingerprint density at radius 1 is 1.33 bits per heavy atom. The first-order chi connectivity index (χ1) is 8.70. The Morgan fingerprint density at radius 2 is 2.17 bits per heavy atom. The van der Waals surface area contributed by atoms with Gasteiger partial charge in [0.25, 0.3) is 0 Å². The molecule has 0 saturated carbocycles. The molecule has 0 saturated heterocycles. The predicted molar refractivity (Wildman–Crippen MR) is 79.1 cm³/mol. The molecule has 1 aromatic heterocycles. The number of aromatic nitrogens is 1. The summed E-state index contributed by atoms with van der Waals surface area (Å²) in [4.78, 5) is 4.43. The highest BCUT2D eigenvalue weighted by atomic mass is 35.5. The van der Waals surface area contributed by atoms with E-state index in [0.29, 0.717) is 5.15 Å². The Morgan fingerprint density at radius 3 is 2.94 bits per heavy atom. The topological polar surface area (TPSA) is 24.9 Å². The maximum absolute atomic E-state index is 6.19. The number of aryl methyl sites for hydroxylation is 1. The Bertz CT molecular complexity index is 576. The number of likely N-dealkylation sites (N-methyl/N-ethyl adjacent to an activating group) is 1. The number of nitrogens with zero attached hydrogens (tertiary/aromatic N) is 1. The fourth-order valence-electron chi connectivity index (χ4n) is 1.80. The molecule has 0 amide bonds. The van der Waals surface area contributed by atoms with Crippen LogP contribution in [0, 0.1) is 6.92 Å². The van der Waals surface area contributed by atoms with E-state index < -0.39 is 0 Å². The second kappa shape index (κ2) is 5.98. The van der Waals surface area contributed by atoms with Gasteiger partial charge in [0.1, 0.15) is 5.15 Å². The monoisotopic (exact) mass is 260 g/mol. The zero-order chi connectivity index (χ0) is 13.0. The molecule has 0 aliphatic heterocycles. The van der Waals surface area contributed by atoms with Crippen LogP contribution >= 0.6 is 11.6 Å². The SMILES string of the molecule is CCNCC=Cc1cc2ccc(C)cc2nc1Cl. The van der Waals surface area contributed by atoms with Crippen molar-refractivity contribution in [3.8, 4) is 0 Å². The van der Waals surface area contributed by atoms with E-state index in [2.05, 4.69) is 48.4 Å². The molecule has 2 nitrogen and oxygen atoms in total. The summed E-state index contributed by atoms with van der Waals surface area (Å²) >= 11 is 6.19. The minimum atomic E-state index is 0.556. The summed E-state index contributed by atoms with van der Waals surface area (Å²) in [6.07, 6.45) is 4.07. The molecule has 0 spiro atoms. The van der Waals surface area contributed by atoms with Crippen molar-refractivity contribution in [3.63, 3.8) is 0 Å². The van der Waals surface area contributed by atoms with Crippen molar-refractivity contribution in [1.29, 1.82) is 0 Å². The van der Waals surface area contributed by atoms with E-state index in [1.807, 2.05) is 12.1 Å². The highest BCUT2D eigenvalue weighted by Crippen LogP contribution is 2.22. The van der Waals surface area contributed by atoms with Crippen molar-refractivity contribution in [2.24, 2.45) is 0 Å². The minimum Gasteiger partial charge on any atom is -0.314 e. The summed E-state index contributed by atoms with van der Waals surface area (Å²) in [7, 11) is 0. The van der Waals surface area contributed by atoms with Gasteiger partial charge < -0.3 is 5.32 Å². The van der Waals surface area contributed by atoms with E-state index in [0.717, 1.165) is 29.6 Å². The number of halogens is 1. The average molecular weight is 261 g/mol. The summed E-state index contributed by atoms with van der Waals surface area (Å²) in [5.74, 6) is 0. The average Bonchev–Trinajstić information content (AvgIpc) is 2.35. The molecular weight excluding hydrogens is 244 g/mol. The normalized spacial score (nSPS) is 11.5. The van der Waals surface area contributed by atoms with E-state index in [1.54, 1.807) is 0 Å². The summed E-state index contributed by atoms with van der Waals surface area (Å²) in [6, 6.07) is 8.29. The Balaban J connectivity index is 2.31. The number of fused-ring (bicyclic) bond motifs is 1. The fourth-order valence-corrected chi connectivity index (χ4v) is 2.01. The first-order valence-corrected chi connectivity index (χ1v) is 6.52. The van der Waals surface area contributed by atoms with Gasteiger partial charge in [-0.3, -0.25) is 0 Å². The van der Waals surface area contributed by atoms with Crippen LogP contribution in [0.3, 0.4) is 0 Å². The smallest absolute Gasteiger partial charge is 0.136 e. The van der Waals surface area contributed by atoms with Gasteiger partial charge in [-0.25, -0.2) is 4.98 Å². The molecule has 0 bridgehead atoms. The molecule has 0 radical (unpaired) electrons. The molecule has 2 aromatic rings. The number of pyridine rings is 1. The summed E-state index contributed by atoms with van der Waals surface area (Å²) in [5.41, 5.74) is 3.11. The van der Waals surface area contributed by atoms with E-state index in [9.17, 15) is 0 Å². The molecule has 1 aromatic carbocycles. The number of hydrogen-bond acceptors (Lipinski definition) is 2. The van der Waals surface area contributed by atoms with Gasteiger partial charge in [0.05, 0.1) is 5.52 Å². The molecule has 18 heavy (non-hydrogen) atoms. The quantitative estimate of drug-likeness (QED) is 0.668. The fraction of sp³-hybridized carbons (Fsp3) is 0.267. The van der Waals surface area contributed by atoms with Crippen LogP contribution in [0.1, 0.15) is 18.1 Å². The number of benzene rings is 1. The minimum absolute atomic E-state index is 0.556. The molecule has 1 N–H and O–H groups in total. The number of hydrogen-bond donors (Lipinski definition) is 1. The van der Waals surface area contributed by atoms with Crippen LogP contribution in [-0.2, 0) is 0 Å². The van der Waals surface area contributed by atoms with E-state index in [1.165, 1.54) is 5.56 Å². The van der Waals surface area contributed by atoms with Crippen LogP contribution in [0.15, 0.2) is 30.3 Å². The summed E-state index contributed by atoms with van der Waals surface area (Å²) < 4.78 is 0. The number of rotatable bonds is 4. The van der Waals surface area contributed by atoms with Crippen molar-refractivity contribution in [1.82, 2.24) is 10.3 Å². The third-order valence-corrected chi connectivity index (χ3v) is 3.07. The molecule has 94 valence electrons. The van der Waals surface area contributed by atoms with Gasteiger partial charge in [-0.05, 0) is 31.2 Å². The standard InChI is InChI=1S/C15H17ClN2/c1-3-17-8-4-5-13-10-12-7-6-11(2)9-14(12)18-15(13)16/h4-7,9-10,17H,3,8H2,1-2H3. The summed E-state index contributed by atoms with van der Waals surface area (Å²) in [6.45, 7) is 5.95. The lowest BCUT2D eigenvalue weighted by molar-refractivity contribution is 0.801. The Kier molecular flexibility index (Phi) is 4.34. The van der Waals surface area contributed by atoms with Crippen molar-refractivity contribution < 1.29 is 0 Å². The van der Waals surface area contributed by atoms with Crippen molar-refractivity contribution in [3.05, 3.63) is 46.6 Å². The van der Waals surface area contributed by atoms with E-state index >= 15 is 0 Å². The molecule has 0 aliphatic rings. The molecule has 3 heteroatoms. The molecular formula is C15H17ClN2. The Hall–Kier alpha value is -1.38. The van der Waals surface area contributed by atoms with Crippen LogP contribution in [0.2, 0.25) is 5.15 Å². The van der Waals surface area contributed by atoms with Crippen molar-refractivity contribution in [2.45, 2.75) is 13.8 Å². The third-order valence-electron chi connectivity index (χ3n) is 2.76. The van der Waals surface area contributed by atoms with Crippen LogP contribution in [0.4, 0.5) is 0 Å². The van der Waals surface area contributed by atoms with Gasteiger partial charge in [-0.1, -0.05) is 42.8 Å². The van der Waals surface area contributed by atoms with Crippen LogP contribution in [0.25, 0.3) is 17.0 Å². The summed E-state index contributed by atoms with van der Waals surface area (Å²) in [5, 5.41) is 4.91. The second-order valence-electron chi connectivity index (χ2n) is 4.27. The molecule has 0 aliphatic carbocycles. The maximum Gasteiger partial charge on any atom is 0.136 e. The van der Waals surface area contributed by atoms with E-state index in [4.69, 9.17) is 11.6 Å². The van der Waals surface area contributed by atoms with Gasteiger partial charge in [-0.15, -0.1) is 0 Å². The third kappa shape index (κ3) is 3.09. The highest BCUT2D eigenvalue weighted by Gasteiger charge is 2.02. The van der Waals surface area contributed by atoms with Crippen LogP contribution in [-0.4, -0.2) is 18.1 Å². The second-order valence-corrected chi connectivity index (χ2v) is 4.63. The first kappa shape index (κ1) is 13.1. The Labute approximate surface area is 113 Å². The predicted octanol–water partition coefficient (Wildman–Crippen LogP) is 3.82.